The van der Waals surface area contributed by atoms with Crippen LogP contribution in [0.15, 0.2) is 91.0 Å². The first-order valence-electron chi connectivity index (χ1n) is 18.7. The minimum absolute atomic E-state index is 0.335. The lowest BCUT2D eigenvalue weighted by molar-refractivity contribution is 0.0606. The van der Waals surface area contributed by atoms with E-state index in [-0.39, 0.29) is 5.97 Å². The van der Waals surface area contributed by atoms with Crippen molar-refractivity contribution in [3.63, 3.8) is 0 Å². The summed E-state index contributed by atoms with van der Waals surface area (Å²) in [6, 6.07) is 17.6. The van der Waals surface area contributed by atoms with Crippen molar-refractivity contribution in [3.8, 4) is 45.0 Å². The van der Waals surface area contributed by atoms with E-state index in [9.17, 15) is 4.79 Å². The summed E-state index contributed by atoms with van der Waals surface area (Å²) in [6.07, 6.45) is 8.66. The van der Waals surface area contributed by atoms with Gasteiger partial charge in [0.2, 0.25) is 0 Å². The van der Waals surface area contributed by atoms with E-state index in [0.717, 1.165) is 105 Å². The number of aromatic nitrogens is 9. The number of rotatable bonds is 7. The summed E-state index contributed by atoms with van der Waals surface area (Å²) >= 11 is 1.37. The van der Waals surface area contributed by atoms with E-state index in [1.807, 2.05) is 47.8 Å². The highest BCUT2D eigenvalue weighted by atomic mass is 32.1. The Bertz CT molecular complexity index is 2690. The number of hydrogen-bond donors (Lipinski definition) is 3. The van der Waals surface area contributed by atoms with E-state index in [0.29, 0.717) is 37.1 Å². The Balaban J connectivity index is 0.000000151. The number of methoxy groups -OCH3 is 1. The van der Waals surface area contributed by atoms with Gasteiger partial charge in [-0.3, -0.25) is 20.2 Å². The number of carbonyl (C=O) groups is 1. The van der Waals surface area contributed by atoms with Crippen LogP contribution in [0.4, 0.5) is 17.5 Å². The van der Waals surface area contributed by atoms with Gasteiger partial charge in [-0.2, -0.15) is 10.2 Å². The molecule has 0 aromatic carbocycles. The summed E-state index contributed by atoms with van der Waals surface area (Å²) in [5.74, 6) is 1.89. The summed E-state index contributed by atoms with van der Waals surface area (Å²) in [6.45, 7) is 5.83. The molecule has 58 heavy (non-hydrogen) atoms. The van der Waals surface area contributed by atoms with Gasteiger partial charge < -0.3 is 29.7 Å². The lowest BCUT2D eigenvalue weighted by atomic mass is 10.0. The highest BCUT2D eigenvalue weighted by molar-refractivity contribution is 7.12. The van der Waals surface area contributed by atoms with Gasteiger partial charge in [0.15, 0.2) is 0 Å². The van der Waals surface area contributed by atoms with Crippen molar-refractivity contribution in [2.75, 3.05) is 75.2 Å². The summed E-state index contributed by atoms with van der Waals surface area (Å²) < 4.78 is 15.9. The fourth-order valence-corrected chi connectivity index (χ4v) is 7.97. The second kappa shape index (κ2) is 16.3. The van der Waals surface area contributed by atoms with Gasteiger partial charge >= 0.3 is 5.97 Å². The van der Waals surface area contributed by atoms with Gasteiger partial charge in [-0.15, -0.1) is 11.3 Å². The second-order valence-corrected chi connectivity index (χ2v) is 14.3. The fourth-order valence-electron chi connectivity index (χ4n) is 7.15. The molecule has 4 N–H and O–H groups in total. The maximum atomic E-state index is 12.0. The van der Waals surface area contributed by atoms with E-state index in [1.54, 1.807) is 31.0 Å². The summed E-state index contributed by atoms with van der Waals surface area (Å²) in [4.78, 5) is 40.3. The Labute approximate surface area is 336 Å². The Kier molecular flexibility index (Phi) is 10.4. The first-order valence-corrected chi connectivity index (χ1v) is 19.6. The Hall–Kier alpha value is -6.82. The van der Waals surface area contributed by atoms with Gasteiger partial charge in [-0.05, 0) is 76.7 Å². The van der Waals surface area contributed by atoms with E-state index in [2.05, 4.69) is 57.3 Å². The number of esters is 1. The molecule has 0 atom stereocenters. The van der Waals surface area contributed by atoms with Crippen LogP contribution in [0.2, 0.25) is 0 Å². The van der Waals surface area contributed by atoms with Crippen molar-refractivity contribution in [3.05, 3.63) is 95.8 Å². The smallest absolute Gasteiger partial charge is 0.348 e. The Morgan fingerprint density at radius 1 is 0.707 bits per heavy atom. The van der Waals surface area contributed by atoms with Gasteiger partial charge in [0.25, 0.3) is 0 Å². The fraction of sp³-hybridized carbons (Fsp3) is 0.220. The largest absolute Gasteiger partial charge is 0.465 e. The molecule has 2 aliphatic heterocycles. The van der Waals surface area contributed by atoms with Gasteiger partial charge in [0, 0.05) is 73.5 Å². The van der Waals surface area contributed by atoms with Crippen LogP contribution in [0.5, 0.6) is 0 Å². The predicted octanol–water partition coefficient (Wildman–Crippen LogP) is 5.87. The predicted molar refractivity (Wildman–Crippen MR) is 223 cm³/mol. The van der Waals surface area contributed by atoms with E-state index in [4.69, 9.17) is 29.9 Å². The molecule has 17 heteroatoms. The molecule has 16 nitrogen and oxygen atoms in total. The molecule has 0 amide bonds. The minimum Gasteiger partial charge on any atom is -0.465 e. The van der Waals surface area contributed by atoms with Crippen molar-refractivity contribution in [1.82, 2.24) is 45.3 Å². The van der Waals surface area contributed by atoms with Crippen LogP contribution in [-0.2, 0) is 14.2 Å². The molecule has 2 aliphatic rings. The summed E-state index contributed by atoms with van der Waals surface area (Å²) in [5.41, 5.74) is 14.7. The standard InChI is InChI=1S/C21H19N5O3S.C20H19N7O/c1-28-21(27)17-10-13(12-30-17)15-11-18(26-6-8-29-9-7-26)24-19-14(15)2-4-22-20(19)16-3-5-23-25-16;21-20-14(2-1-5-23-20)15-12-17(27-8-10-28-11-9-27)25-18-13(15)3-6-22-19(18)16-4-7-24-26-16/h2-5,10-12H,6-9H2,1H3,(H,23,25);1-7,12H,8-11H2,(H2,21,23)(H,24,26). The average Bonchev–Trinajstić information content (AvgIpc) is 4.11. The van der Waals surface area contributed by atoms with Crippen molar-refractivity contribution in [2.24, 2.45) is 0 Å². The van der Waals surface area contributed by atoms with Gasteiger partial charge in [0.05, 0.1) is 44.9 Å². The first-order chi connectivity index (χ1) is 28.6. The van der Waals surface area contributed by atoms with Crippen LogP contribution in [0.1, 0.15) is 9.67 Å². The number of anilines is 3. The number of thiophene rings is 1. The Morgan fingerprint density at radius 3 is 1.81 bits per heavy atom. The Morgan fingerprint density at radius 2 is 1.28 bits per heavy atom. The lowest BCUT2D eigenvalue weighted by Crippen LogP contribution is -2.36. The number of morpholine rings is 2. The first kappa shape index (κ1) is 36.8. The number of aromatic amines is 2. The topological polar surface area (TPSA) is 199 Å². The molecule has 0 saturated carbocycles. The molecule has 0 bridgehead atoms. The number of fused-ring (bicyclic) bond motifs is 2. The maximum Gasteiger partial charge on any atom is 0.348 e. The number of nitrogens with one attached hydrogen (secondary N) is 2. The summed E-state index contributed by atoms with van der Waals surface area (Å²) in [7, 11) is 1.39. The zero-order valence-electron chi connectivity index (χ0n) is 31.5. The van der Waals surface area contributed by atoms with Gasteiger partial charge in [0.1, 0.15) is 44.8 Å². The second-order valence-electron chi connectivity index (χ2n) is 13.4. The van der Waals surface area contributed by atoms with Crippen LogP contribution in [-0.4, -0.2) is 111 Å². The molecule has 0 aliphatic carbocycles. The third-order valence-electron chi connectivity index (χ3n) is 10.0. The molecule has 8 aromatic rings. The lowest BCUT2D eigenvalue weighted by Gasteiger charge is -2.28. The number of hydrogen-bond acceptors (Lipinski definition) is 15. The average molecular weight is 795 g/mol. The number of nitrogens with two attached hydrogens (primary N) is 1. The molecule has 2 fully saturated rings. The molecule has 0 unspecified atom stereocenters. The van der Waals surface area contributed by atoms with Crippen molar-refractivity contribution in [2.45, 2.75) is 0 Å². The zero-order chi connectivity index (χ0) is 39.4. The quantitative estimate of drug-likeness (QED) is 0.162. The van der Waals surface area contributed by atoms with Crippen LogP contribution in [0.3, 0.4) is 0 Å². The number of nitrogens with zero attached hydrogens (tertiary/aromatic N) is 9. The molecule has 10 heterocycles. The van der Waals surface area contributed by atoms with Crippen LogP contribution < -0.4 is 15.5 Å². The van der Waals surface area contributed by atoms with E-state index in [1.165, 1.54) is 18.4 Å². The van der Waals surface area contributed by atoms with Crippen LogP contribution in [0, 0.1) is 0 Å². The summed E-state index contributed by atoms with van der Waals surface area (Å²) in [5, 5.41) is 18.0. The zero-order valence-corrected chi connectivity index (χ0v) is 32.3. The number of H-pyrrole nitrogens is 2. The number of ether oxygens (including phenoxy) is 3. The van der Waals surface area contributed by atoms with Crippen LogP contribution >= 0.6 is 11.3 Å². The third-order valence-corrected chi connectivity index (χ3v) is 10.9. The van der Waals surface area contributed by atoms with Crippen LogP contribution in [0.25, 0.3) is 66.8 Å². The van der Waals surface area contributed by atoms with Gasteiger partial charge in [-0.1, -0.05) is 0 Å². The highest BCUT2D eigenvalue weighted by Crippen LogP contribution is 2.38. The minimum atomic E-state index is -0.335. The van der Waals surface area contributed by atoms with E-state index < -0.39 is 0 Å². The van der Waals surface area contributed by atoms with Crippen molar-refractivity contribution in [1.29, 1.82) is 0 Å². The van der Waals surface area contributed by atoms with E-state index >= 15 is 0 Å². The number of pyridine rings is 5. The van der Waals surface area contributed by atoms with Crippen molar-refractivity contribution < 1.29 is 19.0 Å². The monoisotopic (exact) mass is 794 g/mol. The maximum absolute atomic E-state index is 12.0. The molecule has 10 rings (SSSR count). The normalized spacial score (nSPS) is 14.4. The van der Waals surface area contributed by atoms with Gasteiger partial charge in [-0.25, -0.2) is 19.7 Å². The number of carbonyl (C=O) groups excluding carboxylic acids is 1. The molecule has 0 spiro atoms. The van der Waals surface area contributed by atoms with Crippen molar-refractivity contribution >= 4 is 56.6 Å². The molecule has 8 aromatic heterocycles. The third kappa shape index (κ3) is 7.29. The molecular formula is C41H38N12O4S. The molecule has 2 saturated heterocycles. The molecule has 0 radical (unpaired) electrons. The number of nitrogen functional groups attached to an aromatic ring is 1. The highest BCUT2D eigenvalue weighted by Gasteiger charge is 2.22. The molecule has 292 valence electrons. The molecular weight excluding hydrogens is 757 g/mol. The SMILES string of the molecule is COC(=O)c1cc(-c2cc(N3CCOCC3)nc3c(-c4ccn[nH]4)nccc23)cs1.Nc1ncccc1-c1cc(N2CCOCC2)nc2c(-c3ccn[nH]3)nccc12.